The molecule has 66 heavy (non-hydrogen) atoms. The molecule has 0 aliphatic rings. The van der Waals surface area contributed by atoms with E-state index in [1.54, 1.807) is 30.9 Å². The SMILES string of the molecule is CC(=Nc1cccc(Br)c1)c1cc(C(C)=Nc2cccc(Br)c2)c(O)cc1O.O.O.O.O.O.O.[Co].[Co].[Ni].[Ni].c1cnc2c(c1)ccc1cccnc12.c1cnc2c(c1)ccc1cccnc12. The molecule has 360 valence electrons. The average Bonchev–Trinajstić information content (AvgIpc) is 3.21. The van der Waals surface area contributed by atoms with Crippen LogP contribution >= 0.6 is 31.9 Å². The van der Waals surface area contributed by atoms with Gasteiger partial charge in [-0.3, -0.25) is 29.9 Å². The number of fused-ring (bicyclic) bond motifs is 6. The summed E-state index contributed by atoms with van der Waals surface area (Å²) < 4.78 is 1.85. The van der Waals surface area contributed by atoms with E-state index in [1.807, 2.05) is 86.6 Å². The molecule has 0 spiro atoms. The van der Waals surface area contributed by atoms with Gasteiger partial charge in [0.15, 0.2) is 0 Å². The van der Waals surface area contributed by atoms with E-state index in [0.717, 1.165) is 63.9 Å². The van der Waals surface area contributed by atoms with Gasteiger partial charge in [0, 0.05) is 150 Å². The van der Waals surface area contributed by atoms with Gasteiger partial charge in [-0.25, -0.2) is 0 Å². The van der Waals surface area contributed by atoms with Gasteiger partial charge in [0.25, 0.3) is 0 Å². The Morgan fingerprint density at radius 2 is 0.697 bits per heavy atom. The van der Waals surface area contributed by atoms with Crippen molar-refractivity contribution in [1.29, 1.82) is 0 Å². The molecule has 0 bridgehead atoms. The summed E-state index contributed by atoms with van der Waals surface area (Å²) in [6, 6.07) is 42.5. The molecule has 0 saturated heterocycles. The number of hydrogen-bond acceptors (Lipinski definition) is 8. The minimum atomic E-state index is -0.0345. The number of aromatic nitrogens is 4. The van der Waals surface area contributed by atoms with Crippen LogP contribution in [0.25, 0.3) is 43.6 Å². The molecule has 14 N–H and O–H groups in total. The number of halogens is 2. The van der Waals surface area contributed by atoms with Crippen LogP contribution in [0.15, 0.2) is 177 Å². The molecular formula is C46H46Br2Co2N6Ni2O8. The maximum absolute atomic E-state index is 10.3. The Morgan fingerprint density at radius 3 is 0.970 bits per heavy atom. The predicted octanol–water partition coefficient (Wildman–Crippen LogP) is 7.51. The molecule has 0 amide bonds. The fourth-order valence-corrected chi connectivity index (χ4v) is 6.89. The van der Waals surface area contributed by atoms with Gasteiger partial charge >= 0.3 is 0 Å². The van der Waals surface area contributed by atoms with E-state index in [9.17, 15) is 10.2 Å². The number of nitrogens with zero attached hydrogens (tertiary/aromatic N) is 6. The number of aromatic hydroxyl groups is 2. The summed E-state index contributed by atoms with van der Waals surface area (Å²) in [6.07, 6.45) is 7.21. The fourth-order valence-electron chi connectivity index (χ4n) is 6.12. The third-order valence-electron chi connectivity index (χ3n) is 8.79. The molecule has 0 unspecified atom stereocenters. The number of phenolic OH excluding ortho intramolecular Hbond substituents is 2. The van der Waals surface area contributed by atoms with E-state index < -0.39 is 0 Å². The van der Waals surface area contributed by atoms with E-state index in [2.05, 4.69) is 110 Å². The minimum Gasteiger partial charge on any atom is -0.507 e. The first kappa shape index (κ1) is 68.0. The summed E-state index contributed by atoms with van der Waals surface area (Å²) >= 11 is 6.86. The molecule has 0 atom stereocenters. The topological polar surface area (TPSA) is 306 Å². The Kier molecular flexibility index (Phi) is 33.1. The summed E-state index contributed by atoms with van der Waals surface area (Å²) in [5, 5.41) is 25.2. The van der Waals surface area contributed by atoms with Crippen LogP contribution in [0, 0.1) is 0 Å². The number of pyridine rings is 4. The van der Waals surface area contributed by atoms with Gasteiger partial charge in [-0.05, 0) is 80.6 Å². The normalized spacial score (nSPS) is 9.82. The van der Waals surface area contributed by atoms with Gasteiger partial charge in [-0.15, -0.1) is 0 Å². The molecule has 9 rings (SSSR count). The Morgan fingerprint density at radius 1 is 0.409 bits per heavy atom. The van der Waals surface area contributed by atoms with Crippen molar-refractivity contribution in [1.82, 2.24) is 19.9 Å². The monoisotopic (exact) mass is 1200 g/mol. The summed E-state index contributed by atoms with van der Waals surface area (Å²) in [7, 11) is 0. The molecule has 5 aromatic carbocycles. The molecular weight excluding hydrogens is 1160 g/mol. The van der Waals surface area contributed by atoms with E-state index >= 15 is 0 Å². The van der Waals surface area contributed by atoms with Gasteiger partial charge in [-0.2, -0.15) is 0 Å². The third-order valence-corrected chi connectivity index (χ3v) is 9.78. The standard InChI is InChI=1S/C22H18Br2N2O2.2C12H8N2.2Co.2Ni.6H2O/c1-13(25-17-7-3-5-15(23)9-17)19-11-20(22(28)12-21(19)27)14(2)26-18-8-4-6-16(24)10-18;2*1-3-9-5-6-10-4-2-8-14-12(10)11(9)13-7-1;;;;;;;;;;/h3-12,27-28H,1-2H3;2*1-8H;;;;;6*1H2. The fraction of sp³-hybridized carbons (Fsp3) is 0.0435. The van der Waals surface area contributed by atoms with Crippen molar-refractivity contribution in [2.45, 2.75) is 13.8 Å². The number of rotatable bonds is 4. The first-order chi connectivity index (χ1) is 27.2. The second-order valence-corrected chi connectivity index (χ2v) is 14.5. The van der Waals surface area contributed by atoms with Crippen LogP contribution in [0.1, 0.15) is 25.0 Å². The third kappa shape index (κ3) is 16.9. The van der Waals surface area contributed by atoms with Crippen molar-refractivity contribution in [2.24, 2.45) is 9.98 Å². The van der Waals surface area contributed by atoms with Crippen molar-refractivity contribution in [3.05, 3.63) is 178 Å². The van der Waals surface area contributed by atoms with Crippen LogP contribution in [0.3, 0.4) is 0 Å². The first-order valence-electron chi connectivity index (χ1n) is 17.6. The smallest absolute Gasteiger partial charge is 0.128 e. The zero-order valence-corrected chi connectivity index (χ0v) is 41.9. The van der Waals surface area contributed by atoms with Gasteiger partial charge in [0.05, 0.1) is 33.4 Å². The largest absolute Gasteiger partial charge is 0.507 e. The summed E-state index contributed by atoms with van der Waals surface area (Å²) in [4.78, 5) is 26.5. The van der Waals surface area contributed by atoms with Crippen LogP contribution < -0.4 is 0 Å². The Labute approximate surface area is 437 Å². The van der Waals surface area contributed by atoms with Crippen LogP contribution in [0.2, 0.25) is 0 Å². The van der Waals surface area contributed by atoms with Gasteiger partial charge < -0.3 is 43.1 Å². The second kappa shape index (κ2) is 32.2. The minimum absolute atomic E-state index is 0. The van der Waals surface area contributed by atoms with Crippen LogP contribution in [-0.4, -0.2) is 74.4 Å². The molecule has 14 nitrogen and oxygen atoms in total. The number of phenols is 2. The molecule has 0 fully saturated rings. The molecule has 4 heterocycles. The number of aliphatic imine (C=N–C) groups is 2. The van der Waals surface area contributed by atoms with Crippen molar-refractivity contribution in [3.63, 3.8) is 0 Å². The second-order valence-electron chi connectivity index (χ2n) is 12.7. The van der Waals surface area contributed by atoms with Crippen molar-refractivity contribution < 1.29 is 110 Å². The van der Waals surface area contributed by atoms with Crippen molar-refractivity contribution in [3.8, 4) is 11.5 Å². The molecule has 0 saturated carbocycles. The maximum atomic E-state index is 10.3. The zero-order valence-electron chi connectivity index (χ0n) is 34.6. The molecule has 9 aromatic rings. The summed E-state index contributed by atoms with van der Waals surface area (Å²) in [5.74, 6) is -0.0690. The molecule has 2 radical (unpaired) electrons. The average molecular weight is 1210 g/mol. The van der Waals surface area contributed by atoms with E-state index in [4.69, 9.17) is 0 Å². The number of hydrogen-bond donors (Lipinski definition) is 2. The van der Waals surface area contributed by atoms with Crippen molar-refractivity contribution >= 4 is 98.3 Å². The molecule has 4 aromatic heterocycles. The quantitative estimate of drug-likeness (QED) is 0.102. The molecule has 0 aliphatic carbocycles. The summed E-state index contributed by atoms with van der Waals surface area (Å²) in [5.41, 5.74) is 7.78. The Hall–Kier alpha value is -4.60. The maximum Gasteiger partial charge on any atom is 0.128 e. The van der Waals surface area contributed by atoms with E-state index in [-0.39, 0.29) is 111 Å². The van der Waals surface area contributed by atoms with E-state index in [0.29, 0.717) is 22.6 Å². The molecule has 20 heteroatoms. The van der Waals surface area contributed by atoms with Gasteiger partial charge in [0.1, 0.15) is 11.5 Å². The Bertz CT molecular complexity index is 2660. The number of benzene rings is 5. The first-order valence-corrected chi connectivity index (χ1v) is 19.2. The van der Waals surface area contributed by atoms with Gasteiger partial charge in [0.2, 0.25) is 0 Å². The van der Waals surface area contributed by atoms with E-state index in [1.165, 1.54) is 6.07 Å². The van der Waals surface area contributed by atoms with Gasteiger partial charge in [-0.1, -0.05) is 92.5 Å². The van der Waals surface area contributed by atoms with Crippen LogP contribution in [0.4, 0.5) is 11.4 Å². The predicted molar refractivity (Wildman–Crippen MR) is 258 cm³/mol. The Balaban J connectivity index is -0.000000436. The zero-order chi connectivity index (χ0) is 39.0. The van der Waals surface area contributed by atoms with Crippen LogP contribution in [0.5, 0.6) is 11.5 Å². The summed E-state index contributed by atoms with van der Waals surface area (Å²) in [6.45, 7) is 3.63. The molecule has 0 aliphatic heterocycles. The van der Waals surface area contributed by atoms with Crippen LogP contribution in [-0.2, 0) is 66.5 Å². The van der Waals surface area contributed by atoms with Crippen molar-refractivity contribution in [2.75, 3.05) is 0 Å².